The zero-order valence-corrected chi connectivity index (χ0v) is 12.3. The molecular weight excluding hydrogens is 272 g/mol. The molecule has 3 rings (SSSR count). The molecule has 0 aromatic carbocycles. The van der Waals surface area contributed by atoms with E-state index in [0.717, 1.165) is 5.57 Å². The van der Waals surface area contributed by atoms with Gasteiger partial charge >= 0.3 is 5.97 Å². The van der Waals surface area contributed by atoms with Gasteiger partial charge in [0.15, 0.2) is 6.10 Å². The van der Waals surface area contributed by atoms with Gasteiger partial charge in [0.2, 0.25) is 0 Å². The number of aliphatic hydroxyl groups is 1. The summed E-state index contributed by atoms with van der Waals surface area (Å²) in [7, 11) is 1.62. The maximum atomic E-state index is 12.3. The lowest BCUT2D eigenvalue weighted by Crippen LogP contribution is -2.33. The summed E-state index contributed by atoms with van der Waals surface area (Å²) in [6, 6.07) is 1.63. The number of nitrogens with zero attached hydrogens (tertiary/aromatic N) is 2. The largest absolute Gasteiger partial charge is 0.458 e. The lowest BCUT2D eigenvalue weighted by atomic mass is 10.0. The summed E-state index contributed by atoms with van der Waals surface area (Å²) in [6.07, 6.45) is -1.41. The first-order valence-corrected chi connectivity index (χ1v) is 6.81. The fourth-order valence-corrected chi connectivity index (χ4v) is 2.52. The molecule has 0 saturated heterocycles. The van der Waals surface area contributed by atoms with E-state index in [1.165, 1.54) is 4.57 Å². The zero-order valence-electron chi connectivity index (χ0n) is 12.3. The number of aliphatic hydroxyl groups excluding tert-OH is 1. The summed E-state index contributed by atoms with van der Waals surface area (Å²) in [4.78, 5) is 27.8. The van der Waals surface area contributed by atoms with Gasteiger partial charge in [-0.2, -0.15) is 0 Å². The van der Waals surface area contributed by atoms with Crippen molar-refractivity contribution in [2.45, 2.75) is 33.1 Å². The van der Waals surface area contributed by atoms with E-state index in [-0.39, 0.29) is 12.2 Å². The predicted octanol–water partition coefficient (Wildman–Crippen LogP) is 0.953. The van der Waals surface area contributed by atoms with Crippen molar-refractivity contribution in [3.8, 4) is 0 Å². The van der Waals surface area contributed by atoms with E-state index in [1.807, 2.05) is 13.8 Å². The minimum Gasteiger partial charge on any atom is -0.458 e. The van der Waals surface area contributed by atoms with E-state index in [1.54, 1.807) is 13.1 Å². The number of rotatable bonds is 0. The standard InChI is InChI=1S/C13H12N2O4.C2H6/c1-6-4-15-9(10(6)14-2)3-7-8(12(15)17)5-19-13(18)11(7)16;1-2/h3,11,16H,1,4-5H2,2H3;1-2H3. The van der Waals surface area contributed by atoms with Crippen LogP contribution >= 0.6 is 0 Å². The number of esters is 1. The Labute approximate surface area is 122 Å². The molecular formula is C15H18N2O4. The van der Waals surface area contributed by atoms with Crippen molar-refractivity contribution in [1.82, 2.24) is 4.57 Å². The molecule has 0 spiro atoms. The van der Waals surface area contributed by atoms with Crippen LogP contribution in [-0.4, -0.2) is 28.4 Å². The highest BCUT2D eigenvalue weighted by molar-refractivity contribution is 6.13. The van der Waals surface area contributed by atoms with Crippen LogP contribution < -0.4 is 5.56 Å². The van der Waals surface area contributed by atoms with Gasteiger partial charge in [0, 0.05) is 12.6 Å². The second kappa shape index (κ2) is 5.65. The topological polar surface area (TPSA) is 80.9 Å². The number of carbonyl (C=O) groups is 1. The second-order valence-corrected chi connectivity index (χ2v) is 4.54. The van der Waals surface area contributed by atoms with E-state index in [4.69, 9.17) is 4.74 Å². The van der Waals surface area contributed by atoms with Crippen LogP contribution in [0.2, 0.25) is 0 Å². The molecule has 1 atom stereocenters. The number of hydrogen-bond acceptors (Lipinski definition) is 5. The minimum absolute atomic E-state index is 0.102. The average Bonchev–Trinajstić information content (AvgIpc) is 2.82. The Hall–Kier alpha value is -2.21. The molecule has 1 aromatic rings. The zero-order chi connectivity index (χ0) is 15.7. The fraction of sp³-hybridized carbons (Fsp3) is 0.400. The average molecular weight is 290 g/mol. The molecule has 0 amide bonds. The molecule has 0 bridgehead atoms. The Morgan fingerprint density at radius 2 is 2.10 bits per heavy atom. The van der Waals surface area contributed by atoms with Crippen LogP contribution in [0.5, 0.6) is 0 Å². The molecule has 1 aromatic heterocycles. The number of hydrogen-bond donors (Lipinski definition) is 1. The number of carbonyl (C=O) groups excluding carboxylic acids is 1. The van der Waals surface area contributed by atoms with Gasteiger partial charge in [0.05, 0.1) is 23.5 Å². The van der Waals surface area contributed by atoms with Crippen molar-refractivity contribution in [3.05, 3.63) is 45.4 Å². The number of aliphatic imine (C=N–C) groups is 1. The number of pyridine rings is 1. The lowest BCUT2D eigenvalue weighted by Gasteiger charge is -2.21. The molecule has 21 heavy (non-hydrogen) atoms. The van der Waals surface area contributed by atoms with Crippen molar-refractivity contribution >= 4 is 11.7 Å². The minimum atomic E-state index is -1.41. The van der Waals surface area contributed by atoms with Crippen LogP contribution in [0.4, 0.5) is 0 Å². The molecule has 6 heteroatoms. The van der Waals surface area contributed by atoms with Crippen LogP contribution in [0.15, 0.2) is 28.0 Å². The third kappa shape index (κ3) is 2.21. The second-order valence-electron chi connectivity index (χ2n) is 4.54. The SMILES string of the molecule is C=C1Cn2c(cc3c(c2=O)COC(=O)C3O)C1=NC.CC. The van der Waals surface area contributed by atoms with E-state index < -0.39 is 12.1 Å². The molecule has 0 saturated carbocycles. The molecule has 2 aliphatic heterocycles. The molecule has 112 valence electrons. The Balaban J connectivity index is 0.000000774. The first kappa shape index (κ1) is 15.2. The third-order valence-corrected chi connectivity index (χ3v) is 3.46. The van der Waals surface area contributed by atoms with Gasteiger partial charge in [0.25, 0.3) is 5.56 Å². The summed E-state index contributed by atoms with van der Waals surface area (Å²) in [5, 5.41) is 9.83. The third-order valence-electron chi connectivity index (χ3n) is 3.46. The monoisotopic (exact) mass is 290 g/mol. The Morgan fingerprint density at radius 3 is 2.71 bits per heavy atom. The van der Waals surface area contributed by atoms with Crippen LogP contribution in [0.25, 0.3) is 0 Å². The van der Waals surface area contributed by atoms with Crippen LogP contribution in [0.3, 0.4) is 0 Å². The van der Waals surface area contributed by atoms with Gasteiger partial charge < -0.3 is 14.4 Å². The molecule has 0 aliphatic carbocycles. The summed E-state index contributed by atoms with van der Waals surface area (Å²) in [5.74, 6) is -0.733. The molecule has 2 aliphatic rings. The molecule has 3 heterocycles. The van der Waals surface area contributed by atoms with E-state index in [9.17, 15) is 14.7 Å². The van der Waals surface area contributed by atoms with E-state index in [0.29, 0.717) is 29.1 Å². The number of ether oxygens (including phenoxy) is 1. The first-order valence-electron chi connectivity index (χ1n) is 6.81. The molecule has 1 unspecified atom stereocenters. The van der Waals surface area contributed by atoms with Crippen LogP contribution in [0.1, 0.15) is 36.8 Å². The van der Waals surface area contributed by atoms with Crippen molar-refractivity contribution < 1.29 is 14.6 Å². The normalized spacial score (nSPS) is 21.3. The van der Waals surface area contributed by atoms with Crippen LogP contribution in [0, 0.1) is 0 Å². The number of aromatic nitrogens is 1. The lowest BCUT2D eigenvalue weighted by molar-refractivity contribution is -0.157. The van der Waals surface area contributed by atoms with E-state index >= 15 is 0 Å². The van der Waals surface area contributed by atoms with Gasteiger partial charge in [-0.3, -0.25) is 9.79 Å². The molecule has 0 fully saturated rings. The van der Waals surface area contributed by atoms with Gasteiger partial charge in [-0.15, -0.1) is 0 Å². The van der Waals surface area contributed by atoms with Gasteiger partial charge in [-0.05, 0) is 11.6 Å². The first-order chi connectivity index (χ1) is 10.0. The quantitative estimate of drug-likeness (QED) is 0.721. The maximum Gasteiger partial charge on any atom is 0.340 e. The van der Waals surface area contributed by atoms with Crippen molar-refractivity contribution in [2.24, 2.45) is 4.99 Å². The molecule has 6 nitrogen and oxygen atoms in total. The molecule has 1 N–H and O–H groups in total. The maximum absolute atomic E-state index is 12.3. The fourth-order valence-electron chi connectivity index (χ4n) is 2.52. The highest BCUT2D eigenvalue weighted by Crippen LogP contribution is 2.27. The summed E-state index contributed by atoms with van der Waals surface area (Å²) >= 11 is 0. The Bertz CT molecular complexity index is 700. The highest BCUT2D eigenvalue weighted by atomic mass is 16.5. The number of allylic oxidation sites excluding steroid dienone is 1. The summed E-state index contributed by atoms with van der Waals surface area (Å²) in [6.45, 7) is 8.14. The number of fused-ring (bicyclic) bond motifs is 2. The highest BCUT2D eigenvalue weighted by Gasteiger charge is 2.33. The van der Waals surface area contributed by atoms with Gasteiger partial charge in [-0.25, -0.2) is 4.79 Å². The molecule has 0 radical (unpaired) electrons. The Kier molecular flexibility index (Phi) is 4.09. The Morgan fingerprint density at radius 1 is 1.43 bits per heavy atom. The predicted molar refractivity (Wildman–Crippen MR) is 78.4 cm³/mol. The number of cyclic esters (lactones) is 1. The van der Waals surface area contributed by atoms with Crippen LogP contribution in [-0.2, 0) is 22.7 Å². The summed E-state index contributed by atoms with van der Waals surface area (Å²) < 4.78 is 6.32. The van der Waals surface area contributed by atoms with Crippen molar-refractivity contribution in [1.29, 1.82) is 0 Å². The smallest absolute Gasteiger partial charge is 0.340 e. The van der Waals surface area contributed by atoms with Crippen molar-refractivity contribution in [2.75, 3.05) is 7.05 Å². The van der Waals surface area contributed by atoms with Crippen molar-refractivity contribution in [3.63, 3.8) is 0 Å². The summed E-state index contributed by atoms with van der Waals surface area (Å²) in [5.41, 5.74) is 2.32. The van der Waals surface area contributed by atoms with E-state index in [2.05, 4.69) is 11.6 Å². The van der Waals surface area contributed by atoms with Gasteiger partial charge in [-0.1, -0.05) is 20.4 Å². The van der Waals surface area contributed by atoms with Gasteiger partial charge in [0.1, 0.15) is 6.61 Å².